The summed E-state index contributed by atoms with van der Waals surface area (Å²) in [6.07, 6.45) is 1.70. The number of rotatable bonds is 1. The Morgan fingerprint density at radius 3 is 2.63 bits per heavy atom. The van der Waals surface area contributed by atoms with E-state index in [0.29, 0.717) is 5.65 Å². The molecule has 3 aromatic rings. The summed E-state index contributed by atoms with van der Waals surface area (Å²) in [6.45, 7) is 0.287. The Morgan fingerprint density at radius 1 is 1.05 bits per heavy atom. The van der Waals surface area contributed by atoms with Crippen LogP contribution in [-0.4, -0.2) is 14.2 Å². The topological polar surface area (TPSA) is 39.3 Å². The van der Waals surface area contributed by atoms with Gasteiger partial charge in [-0.25, -0.2) is 9.48 Å². The van der Waals surface area contributed by atoms with Gasteiger partial charge in [-0.05, 0) is 24.3 Å². The van der Waals surface area contributed by atoms with Gasteiger partial charge in [-0.3, -0.25) is 4.40 Å². The van der Waals surface area contributed by atoms with E-state index in [0.717, 1.165) is 5.56 Å². The van der Waals surface area contributed by atoms with Crippen LogP contribution in [0, 0.1) is 11.8 Å². The summed E-state index contributed by atoms with van der Waals surface area (Å²) in [5, 5.41) is 4.21. The molecular weight excluding hydrogens is 238 g/mol. The van der Waals surface area contributed by atoms with Crippen LogP contribution in [0.4, 0.5) is 0 Å². The number of pyridine rings is 1. The maximum Gasteiger partial charge on any atom is 0.351 e. The Morgan fingerprint density at radius 2 is 1.84 bits per heavy atom. The van der Waals surface area contributed by atoms with Crippen molar-refractivity contribution < 1.29 is 0 Å². The maximum atomic E-state index is 12.0. The fourth-order valence-corrected chi connectivity index (χ4v) is 1.81. The van der Waals surface area contributed by atoms with Crippen LogP contribution < -0.4 is 5.69 Å². The molecule has 0 fully saturated rings. The van der Waals surface area contributed by atoms with Gasteiger partial charge in [0.1, 0.15) is 6.54 Å². The number of benzene rings is 1. The quantitative estimate of drug-likeness (QED) is 0.614. The molecule has 0 spiro atoms. The second-order valence-electron chi connectivity index (χ2n) is 4.04. The van der Waals surface area contributed by atoms with Crippen molar-refractivity contribution in [3.63, 3.8) is 0 Å². The predicted octanol–water partition coefficient (Wildman–Crippen LogP) is 1.55. The van der Waals surface area contributed by atoms with E-state index in [1.54, 1.807) is 18.3 Å². The largest absolute Gasteiger partial charge is 0.351 e. The highest BCUT2D eigenvalue weighted by Crippen LogP contribution is 1.96. The Labute approximate surface area is 109 Å². The van der Waals surface area contributed by atoms with Gasteiger partial charge in [0.15, 0.2) is 5.65 Å². The Hall–Kier alpha value is -2.80. The minimum atomic E-state index is -0.169. The predicted molar refractivity (Wildman–Crippen MR) is 72.8 cm³/mol. The van der Waals surface area contributed by atoms with Crippen LogP contribution in [0.1, 0.15) is 5.56 Å². The Balaban J connectivity index is 1.89. The van der Waals surface area contributed by atoms with Crippen LogP contribution in [0.25, 0.3) is 5.65 Å². The molecule has 0 unspecified atom stereocenters. The molecule has 2 heterocycles. The van der Waals surface area contributed by atoms with E-state index in [1.807, 2.05) is 36.4 Å². The number of fused-ring (bicyclic) bond motifs is 1. The minimum Gasteiger partial charge on any atom is -0.250 e. The molecule has 4 nitrogen and oxygen atoms in total. The molecule has 0 aliphatic rings. The molecule has 19 heavy (non-hydrogen) atoms. The molecule has 0 aliphatic heterocycles. The van der Waals surface area contributed by atoms with E-state index in [9.17, 15) is 4.79 Å². The van der Waals surface area contributed by atoms with Crippen molar-refractivity contribution in [1.29, 1.82) is 0 Å². The maximum absolute atomic E-state index is 12.0. The standard InChI is InChI=1S/C15H11N3O/c19-15-17-11-5-4-10-14(17)16-18(15)12-6-9-13-7-2-1-3-8-13/h1-5,7-8,10-11H,12H2. The highest BCUT2D eigenvalue weighted by molar-refractivity contribution is 5.36. The zero-order chi connectivity index (χ0) is 13.1. The van der Waals surface area contributed by atoms with Gasteiger partial charge in [-0.15, -0.1) is 5.10 Å². The summed E-state index contributed by atoms with van der Waals surface area (Å²) in [4.78, 5) is 12.0. The molecule has 0 bridgehead atoms. The monoisotopic (exact) mass is 249 g/mol. The molecule has 0 saturated carbocycles. The van der Waals surface area contributed by atoms with Gasteiger partial charge in [-0.1, -0.05) is 36.1 Å². The normalized spacial score (nSPS) is 10.1. The third-order valence-electron chi connectivity index (χ3n) is 2.72. The summed E-state index contributed by atoms with van der Waals surface area (Å²) in [5.74, 6) is 5.96. The first kappa shape index (κ1) is 11.3. The van der Waals surface area contributed by atoms with E-state index in [1.165, 1.54) is 9.08 Å². The lowest BCUT2D eigenvalue weighted by molar-refractivity contribution is 0.684. The summed E-state index contributed by atoms with van der Waals surface area (Å²) in [5.41, 5.74) is 1.39. The van der Waals surface area contributed by atoms with Crippen LogP contribution in [0.5, 0.6) is 0 Å². The van der Waals surface area contributed by atoms with Gasteiger partial charge in [0.2, 0.25) is 0 Å². The van der Waals surface area contributed by atoms with Crippen LogP contribution in [0.3, 0.4) is 0 Å². The SMILES string of the molecule is O=c1n(CC#Cc2ccccc2)nc2ccccn12. The summed E-state index contributed by atoms with van der Waals surface area (Å²) < 4.78 is 2.87. The van der Waals surface area contributed by atoms with Gasteiger partial charge in [0, 0.05) is 11.8 Å². The zero-order valence-corrected chi connectivity index (χ0v) is 10.2. The van der Waals surface area contributed by atoms with E-state index >= 15 is 0 Å². The molecular formula is C15H11N3O. The molecule has 4 heteroatoms. The first-order valence-electron chi connectivity index (χ1n) is 5.93. The van der Waals surface area contributed by atoms with E-state index in [-0.39, 0.29) is 12.2 Å². The van der Waals surface area contributed by atoms with Crippen molar-refractivity contribution in [3.8, 4) is 11.8 Å². The van der Waals surface area contributed by atoms with Crippen molar-refractivity contribution in [1.82, 2.24) is 14.2 Å². The Bertz CT molecular complexity index is 819. The van der Waals surface area contributed by atoms with Gasteiger partial charge >= 0.3 is 5.69 Å². The first-order chi connectivity index (χ1) is 9.34. The van der Waals surface area contributed by atoms with Gasteiger partial charge < -0.3 is 0 Å². The zero-order valence-electron chi connectivity index (χ0n) is 10.2. The van der Waals surface area contributed by atoms with Crippen molar-refractivity contribution in [3.05, 3.63) is 70.8 Å². The summed E-state index contributed by atoms with van der Waals surface area (Å²) in [6, 6.07) is 15.1. The lowest BCUT2D eigenvalue weighted by atomic mass is 10.2. The number of aromatic nitrogens is 3. The molecule has 2 aromatic heterocycles. The van der Waals surface area contributed by atoms with Crippen LogP contribution in [-0.2, 0) is 6.54 Å². The third kappa shape index (κ3) is 2.26. The van der Waals surface area contributed by atoms with E-state index in [4.69, 9.17) is 0 Å². The van der Waals surface area contributed by atoms with Gasteiger partial charge in [0.25, 0.3) is 0 Å². The number of nitrogens with zero attached hydrogens (tertiary/aromatic N) is 3. The van der Waals surface area contributed by atoms with Crippen LogP contribution in [0.15, 0.2) is 59.5 Å². The van der Waals surface area contributed by atoms with Crippen molar-refractivity contribution in [2.45, 2.75) is 6.54 Å². The third-order valence-corrected chi connectivity index (χ3v) is 2.72. The number of hydrogen-bond acceptors (Lipinski definition) is 2. The van der Waals surface area contributed by atoms with Crippen LogP contribution >= 0.6 is 0 Å². The lowest BCUT2D eigenvalue weighted by Gasteiger charge is -1.89. The second kappa shape index (κ2) is 4.83. The summed E-state index contributed by atoms with van der Waals surface area (Å²) in [7, 11) is 0. The molecule has 0 atom stereocenters. The lowest BCUT2D eigenvalue weighted by Crippen LogP contribution is -2.20. The highest BCUT2D eigenvalue weighted by atomic mass is 16.2. The highest BCUT2D eigenvalue weighted by Gasteiger charge is 2.03. The average molecular weight is 249 g/mol. The summed E-state index contributed by atoms with van der Waals surface area (Å²) >= 11 is 0. The molecule has 1 aromatic carbocycles. The van der Waals surface area contributed by atoms with Gasteiger partial charge in [-0.2, -0.15) is 0 Å². The number of hydrogen-bond donors (Lipinski definition) is 0. The van der Waals surface area contributed by atoms with E-state index in [2.05, 4.69) is 16.9 Å². The molecule has 3 rings (SSSR count). The van der Waals surface area contributed by atoms with Crippen molar-refractivity contribution in [2.24, 2.45) is 0 Å². The molecule has 0 N–H and O–H groups in total. The smallest absolute Gasteiger partial charge is 0.250 e. The molecule has 0 radical (unpaired) electrons. The molecule has 0 amide bonds. The fraction of sp³-hybridized carbons (Fsp3) is 0.0667. The second-order valence-corrected chi connectivity index (χ2v) is 4.04. The molecule has 92 valence electrons. The minimum absolute atomic E-state index is 0.169. The van der Waals surface area contributed by atoms with Gasteiger partial charge in [0.05, 0.1) is 0 Å². The molecule has 0 saturated heterocycles. The molecule has 0 aliphatic carbocycles. The Kier molecular flexibility index (Phi) is 2.87. The van der Waals surface area contributed by atoms with E-state index < -0.39 is 0 Å². The fourth-order valence-electron chi connectivity index (χ4n) is 1.81. The van der Waals surface area contributed by atoms with Crippen molar-refractivity contribution in [2.75, 3.05) is 0 Å². The van der Waals surface area contributed by atoms with Crippen molar-refractivity contribution >= 4 is 5.65 Å². The average Bonchev–Trinajstić information content (AvgIpc) is 2.78. The van der Waals surface area contributed by atoms with Crippen LogP contribution in [0.2, 0.25) is 0 Å². The first-order valence-corrected chi connectivity index (χ1v) is 5.93.